The van der Waals surface area contributed by atoms with Crippen molar-refractivity contribution in [1.29, 1.82) is 0 Å². The minimum atomic E-state index is -0.0139. The maximum atomic E-state index is 13.2. The number of halogens is 1. The summed E-state index contributed by atoms with van der Waals surface area (Å²) in [5.41, 5.74) is 12.8. The van der Waals surface area contributed by atoms with Crippen molar-refractivity contribution >= 4 is 34.1 Å². The fraction of sp³-hybridized carbons (Fsp3) is 0.219. The van der Waals surface area contributed by atoms with Gasteiger partial charge in [-0.15, -0.1) is 0 Å². The van der Waals surface area contributed by atoms with Crippen LogP contribution in [0.4, 0.5) is 11.4 Å². The topological polar surface area (TPSA) is 46.3 Å². The zero-order valence-electron chi connectivity index (χ0n) is 21.7. The number of amides is 1. The summed E-state index contributed by atoms with van der Waals surface area (Å²) in [6.45, 7) is 4.76. The molecular formula is C32H34BrN3O. The molecule has 1 amide bonds. The fourth-order valence-corrected chi connectivity index (χ4v) is 5.44. The molecule has 4 aromatic rings. The number of anilines is 2. The third kappa shape index (κ3) is 5.79. The summed E-state index contributed by atoms with van der Waals surface area (Å²) in [5, 5.41) is 2.20. The van der Waals surface area contributed by atoms with Gasteiger partial charge in [0, 0.05) is 40.7 Å². The lowest BCUT2D eigenvalue weighted by atomic mass is 9.95. The van der Waals surface area contributed by atoms with Crippen molar-refractivity contribution in [3.63, 3.8) is 0 Å². The Morgan fingerprint density at radius 1 is 0.919 bits per heavy atom. The molecule has 0 radical (unpaired) electrons. The van der Waals surface area contributed by atoms with Crippen molar-refractivity contribution < 1.29 is 26.3 Å². The first-order valence-electron chi connectivity index (χ1n) is 12.6. The van der Waals surface area contributed by atoms with E-state index < -0.39 is 0 Å². The van der Waals surface area contributed by atoms with E-state index in [1.807, 2.05) is 35.2 Å². The van der Waals surface area contributed by atoms with Gasteiger partial charge in [-0.05, 0) is 28.7 Å². The largest absolute Gasteiger partial charge is 1.00 e. The number of nitrogens with two attached hydrogens (primary N) is 1. The smallest absolute Gasteiger partial charge is 0.251 e. The van der Waals surface area contributed by atoms with Crippen molar-refractivity contribution in [3.05, 3.63) is 113 Å². The Morgan fingerprint density at radius 3 is 2.19 bits per heavy atom. The van der Waals surface area contributed by atoms with E-state index in [2.05, 4.69) is 81.7 Å². The lowest BCUT2D eigenvalue weighted by Crippen LogP contribution is -3.00. The SMILES string of the molecule is CC1CN(C(=O)/C=C/c2ccc(C[N+](C)(C)Cc3ccccc3)cc2)c2cc(N)c3ccccc3c21.[Br-]. The van der Waals surface area contributed by atoms with Crippen LogP contribution >= 0.6 is 0 Å². The number of nitrogen functional groups attached to an aromatic ring is 1. The Kier molecular flexibility index (Phi) is 7.86. The number of benzene rings is 4. The molecule has 1 aliphatic rings. The summed E-state index contributed by atoms with van der Waals surface area (Å²) in [4.78, 5) is 15.1. The molecule has 1 aliphatic heterocycles. The first-order chi connectivity index (χ1) is 17.3. The predicted molar refractivity (Wildman–Crippen MR) is 151 cm³/mol. The molecule has 4 nitrogen and oxygen atoms in total. The van der Waals surface area contributed by atoms with E-state index in [0.717, 1.165) is 39.6 Å². The molecule has 0 aliphatic carbocycles. The number of carbonyl (C=O) groups is 1. The Balaban J connectivity index is 0.00000320. The van der Waals surface area contributed by atoms with Gasteiger partial charge in [0.2, 0.25) is 0 Å². The van der Waals surface area contributed by atoms with Crippen molar-refractivity contribution in [2.75, 3.05) is 31.3 Å². The van der Waals surface area contributed by atoms with Crippen LogP contribution in [0.1, 0.15) is 35.1 Å². The lowest BCUT2D eigenvalue weighted by molar-refractivity contribution is -0.916. The van der Waals surface area contributed by atoms with Gasteiger partial charge in [-0.2, -0.15) is 0 Å². The Hall–Kier alpha value is -3.41. The minimum absolute atomic E-state index is 0. The number of nitrogens with zero attached hydrogens (tertiary/aromatic N) is 2. The summed E-state index contributed by atoms with van der Waals surface area (Å²) in [5.74, 6) is 0.250. The molecule has 0 bridgehead atoms. The highest BCUT2D eigenvalue weighted by Crippen LogP contribution is 2.43. The second kappa shape index (κ2) is 10.9. The second-order valence-electron chi connectivity index (χ2n) is 10.6. The summed E-state index contributed by atoms with van der Waals surface area (Å²) in [6.07, 6.45) is 3.58. The zero-order valence-corrected chi connectivity index (χ0v) is 23.3. The molecule has 0 saturated heterocycles. The average Bonchev–Trinajstić information content (AvgIpc) is 3.20. The fourth-order valence-electron chi connectivity index (χ4n) is 5.44. The van der Waals surface area contributed by atoms with Gasteiger partial charge < -0.3 is 32.1 Å². The van der Waals surface area contributed by atoms with Gasteiger partial charge in [0.05, 0.1) is 19.8 Å². The van der Waals surface area contributed by atoms with Crippen LogP contribution in [-0.2, 0) is 17.9 Å². The van der Waals surface area contributed by atoms with E-state index in [4.69, 9.17) is 5.73 Å². The Morgan fingerprint density at radius 2 is 1.51 bits per heavy atom. The average molecular weight is 557 g/mol. The number of quaternary nitrogens is 1. The first-order valence-corrected chi connectivity index (χ1v) is 12.6. The van der Waals surface area contributed by atoms with Gasteiger partial charge in [0.15, 0.2) is 0 Å². The Labute approximate surface area is 230 Å². The van der Waals surface area contributed by atoms with Crippen molar-refractivity contribution in [2.24, 2.45) is 0 Å². The van der Waals surface area contributed by atoms with Crippen LogP contribution in [0, 0.1) is 0 Å². The second-order valence-corrected chi connectivity index (χ2v) is 10.6. The normalized spacial score (nSPS) is 15.1. The standard InChI is InChI=1S/C32H34N3O.BrH/c1-23-20-34(30-19-29(33)27-11-7-8-12-28(27)32(23)30)31(36)18-17-24-13-15-26(16-14-24)22-35(2,3)21-25-9-5-4-6-10-25;/h4-19,23H,20-22,33H2,1-3H3;1H/q+1;/p-1/b18-17+;. The summed E-state index contributed by atoms with van der Waals surface area (Å²) in [6, 6.07) is 29.3. The van der Waals surface area contributed by atoms with E-state index in [0.29, 0.717) is 12.2 Å². The maximum Gasteiger partial charge on any atom is 0.251 e. The summed E-state index contributed by atoms with van der Waals surface area (Å²) < 4.78 is 0.877. The third-order valence-electron chi connectivity index (χ3n) is 7.06. The zero-order chi connectivity index (χ0) is 25.3. The van der Waals surface area contributed by atoms with Crippen LogP contribution in [0.25, 0.3) is 16.8 Å². The lowest BCUT2D eigenvalue weighted by Gasteiger charge is -2.30. The summed E-state index contributed by atoms with van der Waals surface area (Å²) in [7, 11) is 4.51. The van der Waals surface area contributed by atoms with E-state index in [1.54, 1.807) is 6.08 Å². The van der Waals surface area contributed by atoms with E-state index >= 15 is 0 Å². The molecule has 1 heterocycles. The number of hydrogen-bond acceptors (Lipinski definition) is 2. The molecule has 37 heavy (non-hydrogen) atoms. The van der Waals surface area contributed by atoms with Gasteiger partial charge >= 0.3 is 0 Å². The molecule has 5 heteroatoms. The van der Waals surface area contributed by atoms with Crippen LogP contribution in [0.5, 0.6) is 0 Å². The van der Waals surface area contributed by atoms with Crippen LogP contribution in [0.2, 0.25) is 0 Å². The van der Waals surface area contributed by atoms with Gasteiger partial charge in [0.25, 0.3) is 5.91 Å². The monoisotopic (exact) mass is 555 g/mol. The molecule has 5 rings (SSSR count). The number of rotatable bonds is 6. The molecule has 190 valence electrons. The molecule has 0 fully saturated rings. The first kappa shape index (κ1) is 26.6. The number of hydrogen-bond donors (Lipinski definition) is 1. The Bertz CT molecular complexity index is 1430. The molecule has 0 aromatic heterocycles. The van der Waals surface area contributed by atoms with Gasteiger partial charge in [-0.25, -0.2) is 0 Å². The van der Waals surface area contributed by atoms with E-state index in [-0.39, 0.29) is 28.8 Å². The molecule has 0 spiro atoms. The maximum absolute atomic E-state index is 13.2. The number of fused-ring (bicyclic) bond motifs is 3. The van der Waals surface area contributed by atoms with E-state index in [1.165, 1.54) is 16.7 Å². The van der Waals surface area contributed by atoms with Crippen molar-refractivity contribution in [2.45, 2.75) is 25.9 Å². The van der Waals surface area contributed by atoms with Crippen LogP contribution < -0.4 is 27.6 Å². The van der Waals surface area contributed by atoms with Gasteiger partial charge in [-0.3, -0.25) is 4.79 Å². The summed E-state index contributed by atoms with van der Waals surface area (Å²) >= 11 is 0. The molecule has 2 N–H and O–H groups in total. The highest BCUT2D eigenvalue weighted by molar-refractivity contribution is 6.09. The molecule has 1 atom stereocenters. The minimum Gasteiger partial charge on any atom is -1.00 e. The van der Waals surface area contributed by atoms with Crippen molar-refractivity contribution in [1.82, 2.24) is 0 Å². The van der Waals surface area contributed by atoms with Crippen molar-refractivity contribution in [3.8, 4) is 0 Å². The van der Waals surface area contributed by atoms with Gasteiger partial charge in [0.1, 0.15) is 13.1 Å². The number of carbonyl (C=O) groups excluding carboxylic acids is 1. The molecule has 0 saturated carbocycles. The predicted octanol–water partition coefficient (Wildman–Crippen LogP) is 3.37. The highest BCUT2D eigenvalue weighted by atomic mass is 79.9. The van der Waals surface area contributed by atoms with Crippen LogP contribution in [0.3, 0.4) is 0 Å². The third-order valence-corrected chi connectivity index (χ3v) is 7.06. The quantitative estimate of drug-likeness (QED) is 0.225. The van der Waals surface area contributed by atoms with Crippen LogP contribution in [-0.4, -0.2) is 31.0 Å². The molecule has 4 aromatic carbocycles. The molecule has 1 unspecified atom stereocenters. The van der Waals surface area contributed by atoms with Gasteiger partial charge in [-0.1, -0.05) is 85.8 Å². The highest BCUT2D eigenvalue weighted by Gasteiger charge is 2.31. The van der Waals surface area contributed by atoms with Crippen LogP contribution in [0.15, 0.2) is 91.0 Å². The molecular weight excluding hydrogens is 522 g/mol. The van der Waals surface area contributed by atoms with E-state index in [9.17, 15) is 4.79 Å².